The maximum absolute atomic E-state index is 12.2. The summed E-state index contributed by atoms with van der Waals surface area (Å²) in [6.45, 7) is 2.73. The molecular weight excluding hydrogens is 302 g/mol. The summed E-state index contributed by atoms with van der Waals surface area (Å²) in [7, 11) is 1.40. The van der Waals surface area contributed by atoms with E-state index in [1.807, 2.05) is 55.5 Å². The first kappa shape index (κ1) is 18.0. The summed E-state index contributed by atoms with van der Waals surface area (Å²) in [5, 5.41) is 3.29. The van der Waals surface area contributed by atoms with E-state index in [0.29, 0.717) is 6.54 Å². The number of nitrogens with one attached hydrogen (secondary N) is 1. The zero-order chi connectivity index (χ0) is 17.3. The molecule has 128 valence electrons. The second-order valence-corrected chi connectivity index (χ2v) is 5.94. The van der Waals surface area contributed by atoms with Crippen LogP contribution in [0.1, 0.15) is 18.9 Å². The predicted molar refractivity (Wildman–Crippen MR) is 95.1 cm³/mol. The molecule has 4 nitrogen and oxygen atoms in total. The Kier molecular flexibility index (Phi) is 6.82. The summed E-state index contributed by atoms with van der Waals surface area (Å²) < 4.78 is 10.7. The average molecular weight is 327 g/mol. The first-order valence-electron chi connectivity index (χ1n) is 8.19. The van der Waals surface area contributed by atoms with E-state index >= 15 is 0 Å². The number of benzene rings is 2. The molecule has 0 spiro atoms. The average Bonchev–Trinajstić information content (AvgIpc) is 2.64. The van der Waals surface area contributed by atoms with E-state index in [1.165, 1.54) is 12.7 Å². The molecule has 0 aliphatic carbocycles. The molecule has 2 aromatic carbocycles. The number of rotatable bonds is 9. The standard InChI is InChI=1S/C20H25NO3/c1-20(19(22)23-2,16-24-18-13-7-4-8-14-18)21-15-9-12-17-10-5-3-6-11-17/h3-8,10-11,13-14,21H,9,12,15-16H2,1-2H3/t20-/m1/s1. The van der Waals surface area contributed by atoms with Gasteiger partial charge in [-0.25, -0.2) is 4.79 Å². The number of hydrogen-bond donors (Lipinski definition) is 1. The molecule has 2 rings (SSSR count). The van der Waals surface area contributed by atoms with Crippen molar-refractivity contribution in [1.29, 1.82) is 0 Å². The number of ether oxygens (including phenoxy) is 2. The summed E-state index contributed by atoms with van der Waals surface area (Å²) >= 11 is 0. The van der Waals surface area contributed by atoms with Crippen molar-refractivity contribution in [3.05, 3.63) is 66.2 Å². The summed E-state index contributed by atoms with van der Waals surface area (Å²) in [5.74, 6) is 0.414. The van der Waals surface area contributed by atoms with Crippen LogP contribution in [0.25, 0.3) is 0 Å². The Bertz CT molecular complexity index is 615. The van der Waals surface area contributed by atoms with Gasteiger partial charge in [-0.3, -0.25) is 5.32 Å². The van der Waals surface area contributed by atoms with E-state index in [2.05, 4.69) is 17.4 Å². The number of methoxy groups -OCH3 is 1. The highest BCUT2D eigenvalue weighted by Crippen LogP contribution is 2.14. The summed E-state index contributed by atoms with van der Waals surface area (Å²) in [6, 6.07) is 19.8. The van der Waals surface area contributed by atoms with Crippen molar-refractivity contribution in [2.45, 2.75) is 25.3 Å². The maximum atomic E-state index is 12.2. The van der Waals surface area contributed by atoms with Gasteiger partial charge in [0.05, 0.1) is 7.11 Å². The van der Waals surface area contributed by atoms with Gasteiger partial charge in [0, 0.05) is 0 Å². The highest BCUT2D eigenvalue weighted by Gasteiger charge is 2.34. The van der Waals surface area contributed by atoms with Gasteiger partial charge in [0.15, 0.2) is 0 Å². The molecule has 0 saturated heterocycles. The first-order valence-corrected chi connectivity index (χ1v) is 8.19. The van der Waals surface area contributed by atoms with Gasteiger partial charge in [-0.1, -0.05) is 48.5 Å². The quantitative estimate of drug-likeness (QED) is 0.567. The molecule has 0 bridgehead atoms. The van der Waals surface area contributed by atoms with Crippen LogP contribution in [0.4, 0.5) is 0 Å². The van der Waals surface area contributed by atoms with Crippen molar-refractivity contribution in [3.8, 4) is 5.75 Å². The zero-order valence-corrected chi connectivity index (χ0v) is 14.3. The van der Waals surface area contributed by atoms with E-state index in [9.17, 15) is 4.79 Å². The topological polar surface area (TPSA) is 47.6 Å². The second kappa shape index (κ2) is 9.08. The Labute approximate surface area is 143 Å². The van der Waals surface area contributed by atoms with Crippen molar-refractivity contribution in [1.82, 2.24) is 5.32 Å². The minimum Gasteiger partial charge on any atom is -0.491 e. The van der Waals surface area contributed by atoms with Gasteiger partial charge >= 0.3 is 5.97 Å². The van der Waals surface area contributed by atoms with Crippen LogP contribution in [-0.2, 0) is 16.0 Å². The molecule has 0 aromatic heterocycles. The fraction of sp³-hybridized carbons (Fsp3) is 0.350. The number of hydrogen-bond acceptors (Lipinski definition) is 4. The van der Waals surface area contributed by atoms with E-state index < -0.39 is 5.54 Å². The molecule has 24 heavy (non-hydrogen) atoms. The lowest BCUT2D eigenvalue weighted by Crippen LogP contribution is -2.54. The number of carbonyl (C=O) groups excluding carboxylic acids is 1. The van der Waals surface area contributed by atoms with Gasteiger partial charge in [-0.15, -0.1) is 0 Å². The fourth-order valence-corrected chi connectivity index (χ4v) is 2.45. The lowest BCUT2D eigenvalue weighted by molar-refractivity contribution is -0.149. The van der Waals surface area contributed by atoms with Crippen LogP contribution in [0, 0.1) is 0 Å². The van der Waals surface area contributed by atoms with Crippen LogP contribution >= 0.6 is 0 Å². The zero-order valence-electron chi connectivity index (χ0n) is 14.3. The molecule has 1 atom stereocenters. The lowest BCUT2D eigenvalue weighted by atomic mass is 10.0. The highest BCUT2D eigenvalue weighted by atomic mass is 16.5. The molecule has 0 aliphatic heterocycles. The number of para-hydroxylation sites is 1. The normalized spacial score (nSPS) is 13.1. The summed E-state index contributed by atoms with van der Waals surface area (Å²) in [4.78, 5) is 12.2. The fourth-order valence-electron chi connectivity index (χ4n) is 2.45. The second-order valence-electron chi connectivity index (χ2n) is 5.94. The van der Waals surface area contributed by atoms with E-state index in [-0.39, 0.29) is 12.6 Å². The van der Waals surface area contributed by atoms with Crippen molar-refractivity contribution in [2.75, 3.05) is 20.3 Å². The molecule has 4 heteroatoms. The van der Waals surface area contributed by atoms with Crippen LogP contribution in [0.2, 0.25) is 0 Å². The van der Waals surface area contributed by atoms with Crippen LogP contribution in [0.3, 0.4) is 0 Å². The van der Waals surface area contributed by atoms with Crippen molar-refractivity contribution >= 4 is 5.97 Å². The SMILES string of the molecule is COC(=O)[C@@](C)(COc1ccccc1)NCCCc1ccccc1. The van der Waals surface area contributed by atoms with Gasteiger partial charge in [-0.2, -0.15) is 0 Å². The molecule has 0 amide bonds. The number of carbonyl (C=O) groups is 1. The maximum Gasteiger partial charge on any atom is 0.329 e. The van der Waals surface area contributed by atoms with E-state index in [4.69, 9.17) is 9.47 Å². The Morgan fingerprint density at radius 3 is 2.29 bits per heavy atom. The minimum absolute atomic E-state index is 0.217. The Balaban J connectivity index is 1.86. The number of aryl methyl sites for hydroxylation is 1. The monoisotopic (exact) mass is 327 g/mol. The summed E-state index contributed by atoms with van der Waals surface area (Å²) in [6.07, 6.45) is 1.90. The molecule has 1 N–H and O–H groups in total. The minimum atomic E-state index is -0.874. The molecule has 0 radical (unpaired) electrons. The molecule has 0 unspecified atom stereocenters. The van der Waals surface area contributed by atoms with E-state index in [0.717, 1.165) is 18.6 Å². The third kappa shape index (κ3) is 5.39. The van der Waals surface area contributed by atoms with Gasteiger partial charge in [0.1, 0.15) is 17.9 Å². The van der Waals surface area contributed by atoms with Crippen molar-refractivity contribution in [2.24, 2.45) is 0 Å². The smallest absolute Gasteiger partial charge is 0.329 e. The van der Waals surface area contributed by atoms with Crippen molar-refractivity contribution in [3.63, 3.8) is 0 Å². The molecule has 2 aromatic rings. The molecule has 0 saturated carbocycles. The number of esters is 1. The molecule has 0 fully saturated rings. The highest BCUT2D eigenvalue weighted by molar-refractivity contribution is 5.80. The molecular formula is C20H25NO3. The summed E-state index contributed by atoms with van der Waals surface area (Å²) in [5.41, 5.74) is 0.418. The molecule has 0 aliphatic rings. The predicted octanol–water partition coefficient (Wildman–Crippen LogP) is 3.22. The van der Waals surface area contributed by atoms with Crippen LogP contribution in [0.15, 0.2) is 60.7 Å². The Morgan fingerprint density at radius 2 is 1.67 bits per heavy atom. The first-order chi connectivity index (χ1) is 11.6. The third-order valence-corrected chi connectivity index (χ3v) is 3.91. The van der Waals surface area contributed by atoms with Gasteiger partial charge in [0.2, 0.25) is 0 Å². The Hall–Kier alpha value is -2.33. The van der Waals surface area contributed by atoms with Gasteiger partial charge in [0.25, 0.3) is 0 Å². The van der Waals surface area contributed by atoms with Crippen LogP contribution < -0.4 is 10.1 Å². The third-order valence-electron chi connectivity index (χ3n) is 3.91. The van der Waals surface area contributed by atoms with E-state index in [1.54, 1.807) is 0 Å². The molecule has 0 heterocycles. The van der Waals surface area contributed by atoms with Crippen molar-refractivity contribution < 1.29 is 14.3 Å². The largest absolute Gasteiger partial charge is 0.491 e. The lowest BCUT2D eigenvalue weighted by Gasteiger charge is -2.28. The van der Waals surface area contributed by atoms with Crippen LogP contribution in [-0.4, -0.2) is 31.8 Å². The van der Waals surface area contributed by atoms with Gasteiger partial charge < -0.3 is 9.47 Å². The Morgan fingerprint density at radius 1 is 1.04 bits per heavy atom. The van der Waals surface area contributed by atoms with Gasteiger partial charge in [-0.05, 0) is 44.0 Å². The van der Waals surface area contributed by atoms with Crippen LogP contribution in [0.5, 0.6) is 5.75 Å².